The van der Waals surface area contributed by atoms with Gasteiger partial charge < -0.3 is 24.5 Å². The first-order valence-corrected chi connectivity index (χ1v) is 17.2. The molecule has 1 N–H and O–H groups in total. The number of aryl methyl sites for hydroxylation is 2. The summed E-state index contributed by atoms with van der Waals surface area (Å²) in [6, 6.07) is 11.8. The van der Waals surface area contributed by atoms with Crippen LogP contribution in [0.15, 0.2) is 67.8 Å². The highest BCUT2D eigenvalue weighted by Crippen LogP contribution is 2.68. The summed E-state index contributed by atoms with van der Waals surface area (Å²) in [5.41, 5.74) is 3.38. The van der Waals surface area contributed by atoms with Crippen LogP contribution in [0.2, 0.25) is 0 Å². The van der Waals surface area contributed by atoms with Crippen molar-refractivity contribution >= 4 is 56.8 Å². The Morgan fingerprint density at radius 1 is 1.13 bits per heavy atom. The number of carbonyl (C=O) groups excluding carboxylic acids is 3. The van der Waals surface area contributed by atoms with Crippen LogP contribution in [-0.4, -0.2) is 80.9 Å². The van der Waals surface area contributed by atoms with Crippen LogP contribution in [-0.2, 0) is 14.4 Å². The van der Waals surface area contributed by atoms with Crippen molar-refractivity contribution in [1.29, 1.82) is 0 Å². The second kappa shape index (κ2) is 13.3. The minimum atomic E-state index is -0.872. The van der Waals surface area contributed by atoms with Crippen molar-refractivity contribution in [3.05, 3.63) is 78.9 Å². The normalized spacial score (nSPS) is 27.2. The lowest BCUT2D eigenvalue weighted by Crippen LogP contribution is -2.57. The molecule has 2 bridgehead atoms. The molecule has 1 spiro atoms. The van der Waals surface area contributed by atoms with Crippen LogP contribution >= 0.6 is 27.7 Å². The van der Waals surface area contributed by atoms with Gasteiger partial charge >= 0.3 is 0 Å². The number of carbonyl (C=O) groups is 3. The molecular formula is C35H42BrN3O5S. The maximum absolute atomic E-state index is 14.9. The molecule has 0 radical (unpaired) electrons. The van der Waals surface area contributed by atoms with Gasteiger partial charge in [-0.25, -0.2) is 0 Å². The molecule has 8 nitrogen and oxygen atoms in total. The largest absolute Gasteiger partial charge is 0.494 e. The van der Waals surface area contributed by atoms with Gasteiger partial charge in [0.05, 0.1) is 35.8 Å². The lowest BCUT2D eigenvalue weighted by Gasteiger charge is -2.39. The van der Waals surface area contributed by atoms with Crippen molar-refractivity contribution in [3.63, 3.8) is 0 Å². The molecule has 10 heteroatoms. The van der Waals surface area contributed by atoms with Gasteiger partial charge in [-0.2, -0.15) is 0 Å². The number of fused-ring (bicyclic) bond motifs is 1. The summed E-state index contributed by atoms with van der Waals surface area (Å²) in [6.07, 6.45) is 3.91. The predicted octanol–water partition coefficient (Wildman–Crippen LogP) is 5.29. The molecule has 3 aliphatic heterocycles. The molecule has 3 fully saturated rings. The fourth-order valence-corrected chi connectivity index (χ4v) is 10.9. The smallest absolute Gasteiger partial charge is 0.251 e. The molecule has 0 aliphatic carbocycles. The third-order valence-corrected chi connectivity index (χ3v) is 12.5. The molecule has 240 valence electrons. The van der Waals surface area contributed by atoms with E-state index in [1.54, 1.807) is 45.5 Å². The maximum Gasteiger partial charge on any atom is 0.251 e. The number of ether oxygens (including phenoxy) is 1. The van der Waals surface area contributed by atoms with E-state index in [1.807, 2.05) is 63.2 Å². The van der Waals surface area contributed by atoms with Gasteiger partial charge in [0, 0.05) is 34.5 Å². The van der Waals surface area contributed by atoms with E-state index >= 15 is 0 Å². The highest BCUT2D eigenvalue weighted by molar-refractivity contribution is 9.09. The van der Waals surface area contributed by atoms with E-state index < -0.39 is 28.7 Å². The van der Waals surface area contributed by atoms with Crippen molar-refractivity contribution in [3.8, 4) is 5.75 Å². The van der Waals surface area contributed by atoms with Gasteiger partial charge in [0.1, 0.15) is 11.8 Å². The van der Waals surface area contributed by atoms with Crippen LogP contribution in [0.5, 0.6) is 5.75 Å². The SMILES string of the molecule is C=CCN(C(=O)[C@H]1[C@@H]2SC3(CC2Br)C(C(=O)N(CC=C)c2cc(C)ccc2C)N([C@H](C)CO)C(=O)[C@H]13)c1ccc(OCC)cc1. The van der Waals surface area contributed by atoms with Crippen LogP contribution in [0, 0.1) is 25.7 Å². The first kappa shape index (κ1) is 33.3. The van der Waals surface area contributed by atoms with Gasteiger partial charge in [0.15, 0.2) is 0 Å². The Hall–Kier alpha value is -3.08. The van der Waals surface area contributed by atoms with Crippen molar-refractivity contribution in [2.24, 2.45) is 11.8 Å². The van der Waals surface area contributed by atoms with E-state index in [-0.39, 0.29) is 47.5 Å². The van der Waals surface area contributed by atoms with Gasteiger partial charge in [0.2, 0.25) is 11.8 Å². The predicted molar refractivity (Wildman–Crippen MR) is 184 cm³/mol. The molecular weight excluding hydrogens is 654 g/mol. The van der Waals surface area contributed by atoms with Crippen LogP contribution in [0.4, 0.5) is 11.4 Å². The fraction of sp³-hybridized carbons (Fsp3) is 0.457. The number of likely N-dealkylation sites (tertiary alicyclic amines) is 1. The quantitative estimate of drug-likeness (QED) is 0.240. The number of hydrogen-bond acceptors (Lipinski definition) is 6. The number of thioether (sulfide) groups is 1. The highest BCUT2D eigenvalue weighted by atomic mass is 79.9. The Morgan fingerprint density at radius 2 is 1.80 bits per heavy atom. The Balaban J connectivity index is 1.59. The molecule has 3 aliphatic rings. The Bertz CT molecular complexity index is 1480. The lowest BCUT2D eigenvalue weighted by atomic mass is 9.70. The summed E-state index contributed by atoms with van der Waals surface area (Å²) < 4.78 is 4.75. The molecule has 3 amide bonds. The fourth-order valence-electron chi connectivity index (χ4n) is 7.31. The topological polar surface area (TPSA) is 90.4 Å². The van der Waals surface area contributed by atoms with Gasteiger partial charge in [-0.3, -0.25) is 14.4 Å². The molecule has 2 aromatic carbocycles. The van der Waals surface area contributed by atoms with E-state index in [1.165, 1.54) is 0 Å². The van der Waals surface area contributed by atoms with Gasteiger partial charge in [-0.1, -0.05) is 40.2 Å². The van der Waals surface area contributed by atoms with E-state index in [4.69, 9.17) is 4.74 Å². The summed E-state index contributed by atoms with van der Waals surface area (Å²) in [5.74, 6) is -1.36. The average Bonchev–Trinajstić information content (AvgIpc) is 3.62. The van der Waals surface area contributed by atoms with Gasteiger partial charge in [-0.05, 0) is 75.6 Å². The average molecular weight is 697 g/mol. The molecule has 0 saturated carbocycles. The Kier molecular flexibility index (Phi) is 9.87. The van der Waals surface area contributed by atoms with Crippen LogP contribution in [0.3, 0.4) is 0 Å². The third-order valence-electron chi connectivity index (χ3n) is 9.26. The number of alkyl halides is 1. The second-order valence-electron chi connectivity index (χ2n) is 12.1. The van der Waals surface area contributed by atoms with Crippen LogP contribution in [0.1, 0.15) is 31.4 Å². The number of benzene rings is 2. The van der Waals surface area contributed by atoms with E-state index in [9.17, 15) is 19.5 Å². The van der Waals surface area contributed by atoms with Crippen LogP contribution < -0.4 is 14.5 Å². The van der Waals surface area contributed by atoms with E-state index in [0.29, 0.717) is 24.5 Å². The molecule has 2 aromatic rings. The molecule has 7 atom stereocenters. The first-order chi connectivity index (χ1) is 21.5. The number of rotatable bonds is 12. The minimum absolute atomic E-state index is 0.0837. The zero-order chi connectivity index (χ0) is 32.6. The van der Waals surface area contributed by atoms with Crippen molar-refractivity contribution in [2.75, 3.05) is 36.1 Å². The summed E-state index contributed by atoms with van der Waals surface area (Å²) in [7, 11) is 0. The second-order valence-corrected chi connectivity index (χ2v) is 14.8. The zero-order valence-electron chi connectivity index (χ0n) is 26.3. The number of hydrogen-bond donors (Lipinski definition) is 1. The Labute approximate surface area is 278 Å². The minimum Gasteiger partial charge on any atom is -0.494 e. The van der Waals surface area contributed by atoms with Crippen molar-refractivity contribution in [1.82, 2.24) is 4.90 Å². The summed E-state index contributed by atoms with van der Waals surface area (Å²) in [6.45, 7) is 16.2. The molecule has 0 aromatic heterocycles. The molecule has 45 heavy (non-hydrogen) atoms. The molecule has 3 heterocycles. The number of aliphatic hydroxyl groups is 1. The van der Waals surface area contributed by atoms with E-state index in [0.717, 1.165) is 16.8 Å². The monoisotopic (exact) mass is 695 g/mol. The number of halogens is 1. The highest BCUT2D eigenvalue weighted by Gasteiger charge is 2.76. The number of anilines is 2. The zero-order valence-corrected chi connectivity index (χ0v) is 28.7. The maximum atomic E-state index is 14.9. The van der Waals surface area contributed by atoms with Crippen molar-refractivity contribution < 1.29 is 24.2 Å². The summed E-state index contributed by atoms with van der Waals surface area (Å²) in [4.78, 5) is 48.9. The van der Waals surface area contributed by atoms with Gasteiger partial charge in [-0.15, -0.1) is 24.9 Å². The number of aliphatic hydroxyl groups excluding tert-OH is 1. The van der Waals surface area contributed by atoms with Gasteiger partial charge in [0.25, 0.3) is 5.91 Å². The third kappa shape index (κ3) is 5.63. The number of amides is 3. The van der Waals surface area contributed by atoms with E-state index in [2.05, 4.69) is 29.1 Å². The number of nitrogens with zero attached hydrogens (tertiary/aromatic N) is 3. The molecule has 5 rings (SSSR count). The standard InChI is InChI=1S/C35H42BrN3O5S/c1-7-16-37(24-12-14-25(15-13-24)44-9-3)32(41)28-29-33(42)39(23(6)20-40)31(35(29)19-26(36)30(28)45-35)34(43)38(17-8-2)27-18-21(4)10-11-22(27)5/h7-8,10-15,18,23,26,28-31,40H,1-2,9,16-17,19-20H2,3-6H3/t23-,26?,28-,29+,30-,31?,35?/m1/s1. The summed E-state index contributed by atoms with van der Waals surface area (Å²) in [5, 5.41) is 10.1. The Morgan fingerprint density at radius 3 is 2.42 bits per heavy atom. The first-order valence-electron chi connectivity index (χ1n) is 15.4. The van der Waals surface area contributed by atoms with Crippen LogP contribution in [0.25, 0.3) is 0 Å². The molecule has 3 unspecified atom stereocenters. The summed E-state index contributed by atoms with van der Waals surface area (Å²) >= 11 is 5.45. The molecule has 3 saturated heterocycles. The lowest BCUT2D eigenvalue weighted by molar-refractivity contribution is -0.141. The van der Waals surface area contributed by atoms with Crippen molar-refractivity contribution in [2.45, 2.75) is 61.0 Å².